The summed E-state index contributed by atoms with van der Waals surface area (Å²) < 4.78 is 53.3. The molecule has 0 unspecified atom stereocenters. The minimum Gasteiger partial charge on any atom is -0.497 e. The van der Waals surface area contributed by atoms with Crippen molar-refractivity contribution in [2.24, 2.45) is 5.10 Å². The van der Waals surface area contributed by atoms with Crippen LogP contribution in [0.15, 0.2) is 91.7 Å². The number of benzene rings is 3. The Labute approximate surface area is 217 Å². The molecule has 0 fully saturated rings. The molecule has 12 heteroatoms. The SMILES string of the molecule is COc1ccc(-c2noc(-c3cc4ccccc4o/c3=N/NS(=O)(=O)c3cc(OC)ccc3OC)n2)cc1. The molecule has 194 valence electrons. The Morgan fingerprint density at radius 1 is 0.868 bits per heavy atom. The fourth-order valence-electron chi connectivity index (χ4n) is 3.64. The molecule has 0 aliphatic rings. The van der Waals surface area contributed by atoms with Crippen molar-refractivity contribution < 1.29 is 31.6 Å². The van der Waals surface area contributed by atoms with E-state index in [1.165, 1.54) is 26.4 Å². The molecule has 2 aromatic heterocycles. The second-order valence-electron chi connectivity index (χ2n) is 7.88. The number of rotatable bonds is 8. The zero-order valence-electron chi connectivity index (χ0n) is 20.5. The van der Waals surface area contributed by atoms with E-state index in [-0.39, 0.29) is 27.7 Å². The van der Waals surface area contributed by atoms with Crippen LogP contribution in [-0.2, 0) is 10.0 Å². The van der Waals surface area contributed by atoms with Crippen molar-refractivity contribution in [3.8, 4) is 40.1 Å². The van der Waals surface area contributed by atoms with Crippen LogP contribution in [0.3, 0.4) is 0 Å². The number of ether oxygens (including phenoxy) is 3. The van der Waals surface area contributed by atoms with Crippen LogP contribution in [0, 0.1) is 0 Å². The summed E-state index contributed by atoms with van der Waals surface area (Å²) in [5, 5.41) is 8.85. The molecule has 1 N–H and O–H groups in total. The molecular formula is C26H22N4O7S. The maximum absolute atomic E-state index is 13.2. The summed E-state index contributed by atoms with van der Waals surface area (Å²) in [5.41, 5.74) is 1.38. The lowest BCUT2D eigenvalue weighted by atomic mass is 10.2. The highest BCUT2D eigenvalue weighted by molar-refractivity contribution is 7.89. The third-order valence-corrected chi connectivity index (χ3v) is 6.82. The molecule has 0 radical (unpaired) electrons. The molecule has 0 aliphatic carbocycles. The first-order valence-electron chi connectivity index (χ1n) is 11.2. The number of para-hydroxylation sites is 1. The van der Waals surface area contributed by atoms with Gasteiger partial charge in [-0.15, -0.1) is 5.10 Å². The van der Waals surface area contributed by atoms with Crippen LogP contribution >= 0.6 is 0 Å². The van der Waals surface area contributed by atoms with Gasteiger partial charge in [-0.1, -0.05) is 23.4 Å². The highest BCUT2D eigenvalue weighted by Gasteiger charge is 2.21. The Morgan fingerprint density at radius 2 is 1.61 bits per heavy atom. The van der Waals surface area contributed by atoms with E-state index in [1.54, 1.807) is 55.6 Å². The minimum atomic E-state index is -4.19. The van der Waals surface area contributed by atoms with Crippen LogP contribution in [0.25, 0.3) is 33.8 Å². The van der Waals surface area contributed by atoms with Crippen LogP contribution in [0.4, 0.5) is 0 Å². The first-order valence-corrected chi connectivity index (χ1v) is 12.7. The summed E-state index contributed by atoms with van der Waals surface area (Å²) >= 11 is 0. The Morgan fingerprint density at radius 3 is 2.34 bits per heavy atom. The van der Waals surface area contributed by atoms with Crippen LogP contribution < -0.4 is 24.6 Å². The average Bonchev–Trinajstić information content (AvgIpc) is 3.45. The smallest absolute Gasteiger partial charge is 0.280 e. The van der Waals surface area contributed by atoms with Gasteiger partial charge in [-0.2, -0.15) is 18.2 Å². The number of methoxy groups -OCH3 is 3. The second-order valence-corrected chi connectivity index (χ2v) is 9.51. The van der Waals surface area contributed by atoms with E-state index in [4.69, 9.17) is 23.2 Å². The molecule has 38 heavy (non-hydrogen) atoms. The van der Waals surface area contributed by atoms with Gasteiger partial charge in [0.25, 0.3) is 15.9 Å². The molecular weight excluding hydrogens is 512 g/mol. The first kappa shape index (κ1) is 24.8. The molecule has 5 rings (SSSR count). The molecule has 11 nitrogen and oxygen atoms in total. The molecule has 0 bridgehead atoms. The van der Waals surface area contributed by atoms with Crippen molar-refractivity contribution in [1.29, 1.82) is 0 Å². The maximum Gasteiger partial charge on any atom is 0.280 e. The Hall–Kier alpha value is -4.84. The summed E-state index contributed by atoms with van der Waals surface area (Å²) in [6.07, 6.45) is 0. The maximum atomic E-state index is 13.2. The van der Waals surface area contributed by atoms with Crippen LogP contribution in [0.2, 0.25) is 0 Å². The Bertz CT molecular complexity index is 1780. The predicted molar refractivity (Wildman–Crippen MR) is 137 cm³/mol. The first-order chi connectivity index (χ1) is 18.4. The molecule has 0 saturated heterocycles. The number of aromatic nitrogens is 2. The molecule has 0 aliphatic heterocycles. The van der Waals surface area contributed by atoms with Crippen molar-refractivity contribution in [2.75, 3.05) is 21.3 Å². The lowest BCUT2D eigenvalue weighted by Crippen LogP contribution is -2.23. The molecule has 0 spiro atoms. The summed E-state index contributed by atoms with van der Waals surface area (Å²) in [6, 6.07) is 20.4. The Balaban J connectivity index is 1.59. The fraction of sp³-hybridized carbons (Fsp3) is 0.115. The number of hydrogen-bond donors (Lipinski definition) is 1. The van der Waals surface area contributed by atoms with Gasteiger partial charge >= 0.3 is 0 Å². The number of fused-ring (bicyclic) bond motifs is 1. The topological polar surface area (TPSA) is 138 Å². The predicted octanol–water partition coefficient (Wildman–Crippen LogP) is 3.97. The summed E-state index contributed by atoms with van der Waals surface area (Å²) in [4.78, 5) is 6.52. The summed E-state index contributed by atoms with van der Waals surface area (Å²) in [5.74, 6) is 1.54. The minimum absolute atomic E-state index is 0.0842. The van der Waals surface area contributed by atoms with Gasteiger partial charge in [-0.25, -0.2) is 0 Å². The van der Waals surface area contributed by atoms with Gasteiger partial charge in [0, 0.05) is 17.0 Å². The van der Waals surface area contributed by atoms with E-state index in [9.17, 15) is 8.42 Å². The lowest BCUT2D eigenvalue weighted by molar-refractivity contribution is 0.392. The number of nitrogens with zero attached hydrogens (tertiary/aromatic N) is 3. The molecule has 2 heterocycles. The van der Waals surface area contributed by atoms with E-state index in [0.717, 1.165) is 5.39 Å². The van der Waals surface area contributed by atoms with Crippen molar-refractivity contribution in [3.63, 3.8) is 0 Å². The standard InChI is InChI=1S/C26H22N4O7S/c1-33-18-10-8-16(9-11-18)24-27-25(37-29-24)20-14-17-6-4-5-7-21(17)36-26(20)28-30-38(31,32)23-15-19(34-2)12-13-22(23)35-3/h4-15,30H,1-3H3/b28-26+. The van der Waals surface area contributed by atoms with Gasteiger partial charge in [0.2, 0.25) is 11.4 Å². The van der Waals surface area contributed by atoms with E-state index < -0.39 is 10.0 Å². The van der Waals surface area contributed by atoms with Gasteiger partial charge in [0.1, 0.15) is 33.3 Å². The largest absolute Gasteiger partial charge is 0.497 e. The summed E-state index contributed by atoms with van der Waals surface area (Å²) in [7, 11) is 0.184. The van der Waals surface area contributed by atoms with E-state index >= 15 is 0 Å². The van der Waals surface area contributed by atoms with Gasteiger partial charge < -0.3 is 23.2 Å². The quantitative estimate of drug-likeness (QED) is 0.293. The third-order valence-electron chi connectivity index (χ3n) is 5.59. The van der Waals surface area contributed by atoms with Gasteiger partial charge in [-0.3, -0.25) is 0 Å². The lowest BCUT2D eigenvalue weighted by Gasteiger charge is -2.10. The van der Waals surface area contributed by atoms with Crippen molar-refractivity contribution >= 4 is 21.0 Å². The molecule has 0 amide bonds. The third kappa shape index (κ3) is 4.89. The molecule has 0 atom stereocenters. The molecule has 5 aromatic rings. The van der Waals surface area contributed by atoms with Gasteiger partial charge in [-0.05, 0) is 48.5 Å². The number of hydrogen-bond acceptors (Lipinski definition) is 10. The van der Waals surface area contributed by atoms with E-state index in [2.05, 4.69) is 20.1 Å². The average molecular weight is 535 g/mol. The molecule has 3 aromatic carbocycles. The highest BCUT2D eigenvalue weighted by atomic mass is 32.2. The molecule has 0 saturated carbocycles. The van der Waals surface area contributed by atoms with E-state index in [0.29, 0.717) is 28.5 Å². The monoisotopic (exact) mass is 534 g/mol. The van der Waals surface area contributed by atoms with Crippen molar-refractivity contribution in [3.05, 3.63) is 78.4 Å². The van der Waals surface area contributed by atoms with Crippen LogP contribution in [0.5, 0.6) is 17.2 Å². The van der Waals surface area contributed by atoms with Gasteiger partial charge in [0.15, 0.2) is 0 Å². The zero-order chi connectivity index (χ0) is 26.7. The van der Waals surface area contributed by atoms with Gasteiger partial charge in [0.05, 0.1) is 21.3 Å². The van der Waals surface area contributed by atoms with E-state index in [1.807, 2.05) is 12.1 Å². The number of sulfonamides is 1. The van der Waals surface area contributed by atoms with Crippen molar-refractivity contribution in [1.82, 2.24) is 15.0 Å². The van der Waals surface area contributed by atoms with Crippen LogP contribution in [0.1, 0.15) is 0 Å². The zero-order valence-corrected chi connectivity index (χ0v) is 21.4. The normalized spacial score (nSPS) is 11.9. The van der Waals surface area contributed by atoms with Crippen molar-refractivity contribution in [2.45, 2.75) is 4.90 Å². The fourth-order valence-corrected chi connectivity index (χ4v) is 4.63. The number of nitrogens with one attached hydrogen (secondary N) is 1. The summed E-state index contributed by atoms with van der Waals surface area (Å²) in [6.45, 7) is 0. The Kier molecular flexibility index (Phi) is 6.71. The van der Waals surface area contributed by atoms with Crippen LogP contribution in [-0.4, -0.2) is 39.9 Å². The second kappa shape index (κ2) is 10.3. The highest BCUT2D eigenvalue weighted by Crippen LogP contribution is 2.28.